The van der Waals surface area contributed by atoms with E-state index in [0.717, 1.165) is 33.1 Å². The molecule has 1 atom stereocenters. The summed E-state index contributed by atoms with van der Waals surface area (Å²) in [5.41, 5.74) is 2.89. The Kier molecular flexibility index (Phi) is 4.79. The van der Waals surface area contributed by atoms with Crippen LogP contribution in [0.2, 0.25) is 0 Å². The van der Waals surface area contributed by atoms with Crippen molar-refractivity contribution in [1.82, 2.24) is 5.32 Å². The monoisotopic (exact) mass is 413 g/mol. The standard InChI is InChI=1S/C22H23NO3S2/c1-12-18(21(25)26-4)20(17-8-7-16(28-17)15-6-5-9-27-15)19-13(23-12)10-22(2,3)11-14(19)24/h5-9,20,23H,10-11H2,1-4H3/t20-/m1/s1. The largest absolute Gasteiger partial charge is 0.466 e. The highest BCUT2D eigenvalue weighted by atomic mass is 32.1. The molecular weight excluding hydrogens is 390 g/mol. The first kappa shape index (κ1) is 19.2. The molecule has 0 unspecified atom stereocenters. The molecule has 28 heavy (non-hydrogen) atoms. The minimum absolute atomic E-state index is 0.0892. The maximum atomic E-state index is 13.2. The van der Waals surface area contributed by atoms with Gasteiger partial charge in [-0.3, -0.25) is 4.79 Å². The van der Waals surface area contributed by atoms with Gasteiger partial charge in [0.25, 0.3) is 0 Å². The summed E-state index contributed by atoms with van der Waals surface area (Å²) in [5, 5.41) is 5.40. The molecule has 6 heteroatoms. The molecule has 1 aliphatic heterocycles. The number of nitrogens with one attached hydrogen (secondary N) is 1. The molecule has 0 fully saturated rings. The molecule has 0 bridgehead atoms. The van der Waals surface area contributed by atoms with Gasteiger partial charge < -0.3 is 10.1 Å². The summed E-state index contributed by atoms with van der Waals surface area (Å²) in [7, 11) is 1.39. The number of ether oxygens (including phenoxy) is 1. The molecule has 1 N–H and O–H groups in total. The topological polar surface area (TPSA) is 55.4 Å². The molecule has 4 nitrogen and oxygen atoms in total. The molecule has 2 aromatic rings. The second-order valence-corrected chi connectivity index (χ2v) is 10.2. The van der Waals surface area contributed by atoms with Crippen molar-refractivity contribution in [2.75, 3.05) is 7.11 Å². The van der Waals surface area contributed by atoms with E-state index < -0.39 is 0 Å². The first-order valence-corrected chi connectivity index (χ1v) is 11.0. The molecule has 0 saturated carbocycles. The lowest BCUT2D eigenvalue weighted by Crippen LogP contribution is -2.38. The number of rotatable bonds is 3. The quantitative estimate of drug-likeness (QED) is 0.698. The lowest BCUT2D eigenvalue weighted by molar-refractivity contribution is -0.136. The third-order valence-electron chi connectivity index (χ3n) is 5.32. The summed E-state index contributed by atoms with van der Waals surface area (Å²) in [6, 6.07) is 8.24. The summed E-state index contributed by atoms with van der Waals surface area (Å²) in [5.74, 6) is -0.639. The first-order valence-electron chi connectivity index (χ1n) is 9.26. The predicted octanol–water partition coefficient (Wildman–Crippen LogP) is 5.25. The Morgan fingerprint density at radius 3 is 2.68 bits per heavy atom. The highest BCUT2D eigenvalue weighted by Crippen LogP contribution is 2.49. The number of methoxy groups -OCH3 is 1. The van der Waals surface area contributed by atoms with E-state index in [1.54, 1.807) is 22.7 Å². The zero-order chi connectivity index (χ0) is 20.1. The molecule has 0 radical (unpaired) electrons. The molecule has 4 rings (SSSR count). The van der Waals surface area contributed by atoms with Crippen molar-refractivity contribution < 1.29 is 14.3 Å². The fourth-order valence-electron chi connectivity index (χ4n) is 4.16. The van der Waals surface area contributed by atoms with Gasteiger partial charge in [-0.15, -0.1) is 22.7 Å². The van der Waals surface area contributed by atoms with Gasteiger partial charge in [-0.1, -0.05) is 19.9 Å². The van der Waals surface area contributed by atoms with Crippen LogP contribution in [-0.2, 0) is 14.3 Å². The fourth-order valence-corrected chi connectivity index (χ4v) is 6.12. The minimum Gasteiger partial charge on any atom is -0.466 e. The van der Waals surface area contributed by atoms with Gasteiger partial charge in [0.2, 0.25) is 0 Å². The number of carbonyl (C=O) groups is 2. The molecule has 3 heterocycles. The maximum Gasteiger partial charge on any atom is 0.336 e. The number of Topliss-reactive ketones (excluding diaryl/α,β-unsaturated/α-hetero) is 1. The Morgan fingerprint density at radius 2 is 2.00 bits per heavy atom. The van der Waals surface area contributed by atoms with Gasteiger partial charge in [-0.2, -0.15) is 0 Å². The maximum absolute atomic E-state index is 13.2. The molecule has 0 saturated heterocycles. The van der Waals surface area contributed by atoms with Crippen molar-refractivity contribution in [2.45, 2.75) is 39.5 Å². The van der Waals surface area contributed by atoms with Gasteiger partial charge in [0.1, 0.15) is 0 Å². The number of thiophene rings is 2. The number of hydrogen-bond donors (Lipinski definition) is 1. The van der Waals surface area contributed by atoms with Crippen LogP contribution in [0.5, 0.6) is 0 Å². The molecule has 0 aromatic carbocycles. The van der Waals surface area contributed by atoms with Crippen LogP contribution in [0.4, 0.5) is 0 Å². The summed E-state index contributed by atoms with van der Waals surface area (Å²) in [6.45, 7) is 6.11. The van der Waals surface area contributed by atoms with Crippen LogP contribution < -0.4 is 5.32 Å². The number of hydrogen-bond acceptors (Lipinski definition) is 6. The highest BCUT2D eigenvalue weighted by Gasteiger charge is 2.43. The van der Waals surface area contributed by atoms with Gasteiger partial charge >= 0.3 is 5.97 Å². The minimum atomic E-state index is -0.384. The number of dihydropyridines is 1. The summed E-state index contributed by atoms with van der Waals surface area (Å²) >= 11 is 3.33. The molecule has 2 aromatic heterocycles. The zero-order valence-electron chi connectivity index (χ0n) is 16.4. The van der Waals surface area contributed by atoms with Crippen molar-refractivity contribution in [1.29, 1.82) is 0 Å². The Hall–Kier alpha value is -2.18. The Labute approximate surface area is 172 Å². The van der Waals surface area contributed by atoms with Crippen LogP contribution in [0.3, 0.4) is 0 Å². The average molecular weight is 414 g/mol. The SMILES string of the molecule is COC(=O)C1=C(C)NC2=C(C(=O)CC(C)(C)C2)[C@@H]1c1ccc(-c2cccs2)s1. The van der Waals surface area contributed by atoms with Crippen LogP contribution in [0.1, 0.15) is 44.4 Å². The van der Waals surface area contributed by atoms with Crippen LogP contribution in [-0.4, -0.2) is 18.9 Å². The van der Waals surface area contributed by atoms with Crippen molar-refractivity contribution >= 4 is 34.4 Å². The van der Waals surface area contributed by atoms with E-state index in [1.165, 1.54) is 12.0 Å². The highest BCUT2D eigenvalue weighted by molar-refractivity contribution is 7.21. The van der Waals surface area contributed by atoms with E-state index in [4.69, 9.17) is 4.74 Å². The van der Waals surface area contributed by atoms with Crippen LogP contribution in [0.15, 0.2) is 52.2 Å². The number of ketones is 1. The number of esters is 1. The molecule has 1 aliphatic carbocycles. The van der Waals surface area contributed by atoms with Gasteiger partial charge in [-0.05, 0) is 42.3 Å². The Bertz CT molecular complexity index is 1010. The zero-order valence-corrected chi connectivity index (χ0v) is 18.1. The molecular formula is C22H23NO3S2. The van der Waals surface area contributed by atoms with Crippen molar-refractivity contribution in [2.24, 2.45) is 5.41 Å². The van der Waals surface area contributed by atoms with E-state index in [2.05, 4.69) is 36.7 Å². The number of carbonyl (C=O) groups excluding carboxylic acids is 2. The summed E-state index contributed by atoms with van der Waals surface area (Å²) in [6.07, 6.45) is 1.28. The van der Waals surface area contributed by atoms with Crippen LogP contribution in [0.25, 0.3) is 9.75 Å². The van der Waals surface area contributed by atoms with E-state index in [9.17, 15) is 9.59 Å². The molecule has 0 spiro atoms. The fraction of sp³-hybridized carbons (Fsp3) is 0.364. The smallest absolute Gasteiger partial charge is 0.336 e. The lowest BCUT2D eigenvalue weighted by Gasteiger charge is -2.39. The van der Waals surface area contributed by atoms with Crippen LogP contribution >= 0.6 is 22.7 Å². The van der Waals surface area contributed by atoms with Gasteiger partial charge in [0.05, 0.1) is 18.6 Å². The van der Waals surface area contributed by atoms with E-state index >= 15 is 0 Å². The van der Waals surface area contributed by atoms with E-state index in [-0.39, 0.29) is 23.1 Å². The van der Waals surface area contributed by atoms with Crippen molar-refractivity contribution in [3.05, 3.63) is 57.1 Å². The molecule has 0 amide bonds. The van der Waals surface area contributed by atoms with Crippen LogP contribution in [0, 0.1) is 5.41 Å². The molecule has 146 valence electrons. The van der Waals surface area contributed by atoms with Crippen molar-refractivity contribution in [3.8, 4) is 9.75 Å². The normalized spacial score (nSPS) is 21.4. The first-order chi connectivity index (χ1) is 13.3. The summed E-state index contributed by atoms with van der Waals surface area (Å²) < 4.78 is 5.08. The molecule has 2 aliphatic rings. The predicted molar refractivity (Wildman–Crippen MR) is 113 cm³/mol. The Balaban J connectivity index is 1.86. The summed E-state index contributed by atoms with van der Waals surface area (Å²) in [4.78, 5) is 29.2. The third-order valence-corrected chi connectivity index (χ3v) is 7.54. The second kappa shape index (κ2) is 7.01. The van der Waals surface area contributed by atoms with Gasteiger partial charge in [-0.25, -0.2) is 4.79 Å². The lowest BCUT2D eigenvalue weighted by atomic mass is 9.70. The number of allylic oxidation sites excluding steroid dienone is 3. The van der Waals surface area contributed by atoms with Gasteiger partial charge in [0, 0.05) is 38.0 Å². The average Bonchev–Trinajstić information content (AvgIpc) is 3.30. The van der Waals surface area contributed by atoms with E-state index in [0.29, 0.717) is 12.0 Å². The Morgan fingerprint density at radius 1 is 1.21 bits per heavy atom. The van der Waals surface area contributed by atoms with Crippen molar-refractivity contribution in [3.63, 3.8) is 0 Å². The van der Waals surface area contributed by atoms with E-state index in [1.807, 2.05) is 19.1 Å². The van der Waals surface area contributed by atoms with Gasteiger partial charge in [0.15, 0.2) is 5.78 Å². The third kappa shape index (κ3) is 3.25. The second-order valence-electron chi connectivity index (χ2n) is 8.10.